The van der Waals surface area contributed by atoms with Crippen LogP contribution in [-0.2, 0) is 0 Å². The Morgan fingerprint density at radius 1 is 0.645 bits per heavy atom. The minimum atomic E-state index is 0.228. The van der Waals surface area contributed by atoms with E-state index in [9.17, 15) is 0 Å². The summed E-state index contributed by atoms with van der Waals surface area (Å²) < 4.78 is 28.3. The molecule has 6 rings (SSSR count). The molecule has 152 valence electrons. The molecular weight excluding hydrogens is 394 g/mol. The van der Waals surface area contributed by atoms with Gasteiger partial charge in [0, 0.05) is 23.5 Å². The lowest BCUT2D eigenvalue weighted by Gasteiger charge is -2.05. The first-order chi connectivity index (χ1) is 15.3. The van der Waals surface area contributed by atoms with Gasteiger partial charge in [-0.3, -0.25) is 4.98 Å². The van der Waals surface area contributed by atoms with Crippen molar-refractivity contribution in [3.63, 3.8) is 0 Å². The summed E-state index contributed by atoms with van der Waals surface area (Å²) in [5.41, 5.74) is 3.87. The number of hydrogen-bond acceptors (Lipinski definition) is 6. The van der Waals surface area contributed by atoms with Crippen molar-refractivity contribution < 1.29 is 23.4 Å². The molecule has 0 saturated carbocycles. The van der Waals surface area contributed by atoms with Gasteiger partial charge in [-0.15, -0.1) is 0 Å². The van der Waals surface area contributed by atoms with E-state index in [4.69, 9.17) is 23.4 Å². The van der Waals surface area contributed by atoms with Crippen LogP contribution in [0.4, 0.5) is 0 Å². The molecule has 2 aliphatic heterocycles. The first-order valence-corrected chi connectivity index (χ1v) is 9.85. The van der Waals surface area contributed by atoms with Crippen LogP contribution in [0.15, 0.2) is 71.4 Å². The fourth-order valence-corrected chi connectivity index (χ4v) is 3.68. The summed E-state index contributed by atoms with van der Waals surface area (Å²) in [7, 11) is 0. The third-order valence-electron chi connectivity index (χ3n) is 5.22. The molecule has 6 nitrogen and oxygen atoms in total. The van der Waals surface area contributed by atoms with Gasteiger partial charge in [-0.25, -0.2) is 0 Å². The highest BCUT2D eigenvalue weighted by Crippen LogP contribution is 2.43. The second-order valence-electron chi connectivity index (χ2n) is 7.14. The summed E-state index contributed by atoms with van der Waals surface area (Å²) >= 11 is 0. The molecule has 0 amide bonds. The largest absolute Gasteiger partial charge is 0.456 e. The van der Waals surface area contributed by atoms with E-state index in [1.807, 2.05) is 66.7 Å². The first-order valence-electron chi connectivity index (χ1n) is 9.85. The maximum atomic E-state index is 6.29. The Morgan fingerprint density at radius 3 is 2.03 bits per heavy atom. The van der Waals surface area contributed by atoms with E-state index in [0.29, 0.717) is 5.75 Å². The van der Waals surface area contributed by atoms with Crippen molar-refractivity contribution >= 4 is 12.2 Å². The number of ether oxygens (including phenoxy) is 4. The lowest BCUT2D eigenvalue weighted by atomic mass is 10.0. The second kappa shape index (κ2) is 7.25. The number of rotatable bonds is 4. The Hall–Kier alpha value is -4.19. The van der Waals surface area contributed by atoms with Gasteiger partial charge in [0.1, 0.15) is 11.5 Å². The van der Waals surface area contributed by atoms with Crippen molar-refractivity contribution in [1.29, 1.82) is 0 Å². The molecular formula is C25H17NO5. The van der Waals surface area contributed by atoms with E-state index < -0.39 is 0 Å². The Labute approximate surface area is 178 Å². The van der Waals surface area contributed by atoms with E-state index in [1.54, 1.807) is 12.4 Å². The molecule has 2 aromatic carbocycles. The third kappa shape index (κ3) is 3.28. The molecule has 0 unspecified atom stereocenters. The van der Waals surface area contributed by atoms with Gasteiger partial charge in [0.25, 0.3) is 0 Å². The van der Waals surface area contributed by atoms with Crippen molar-refractivity contribution in [2.45, 2.75) is 0 Å². The van der Waals surface area contributed by atoms with Gasteiger partial charge in [0.15, 0.2) is 23.0 Å². The van der Waals surface area contributed by atoms with E-state index in [1.165, 1.54) is 0 Å². The van der Waals surface area contributed by atoms with Gasteiger partial charge in [-0.05, 0) is 65.7 Å². The van der Waals surface area contributed by atoms with E-state index in [-0.39, 0.29) is 13.6 Å². The summed E-state index contributed by atoms with van der Waals surface area (Å²) in [5.74, 6) is 4.39. The number of aromatic nitrogens is 1. The van der Waals surface area contributed by atoms with Crippen LogP contribution in [0.3, 0.4) is 0 Å². The summed E-state index contributed by atoms with van der Waals surface area (Å²) in [4.78, 5) is 4.05. The van der Waals surface area contributed by atoms with Crippen LogP contribution in [0.25, 0.3) is 34.6 Å². The molecule has 4 aromatic rings. The van der Waals surface area contributed by atoms with Crippen LogP contribution in [0.5, 0.6) is 23.0 Å². The van der Waals surface area contributed by atoms with Crippen LogP contribution in [-0.4, -0.2) is 18.6 Å². The molecule has 4 heterocycles. The van der Waals surface area contributed by atoms with Gasteiger partial charge < -0.3 is 23.4 Å². The predicted molar refractivity (Wildman–Crippen MR) is 115 cm³/mol. The summed E-state index contributed by atoms with van der Waals surface area (Å²) in [6.45, 7) is 0.463. The van der Waals surface area contributed by atoms with E-state index in [2.05, 4.69) is 4.98 Å². The van der Waals surface area contributed by atoms with Crippen LogP contribution in [0, 0.1) is 0 Å². The summed E-state index contributed by atoms with van der Waals surface area (Å²) in [6, 6.07) is 17.6. The monoisotopic (exact) mass is 411 g/mol. The SMILES string of the molecule is C(=C\c1cc(-c2ccc3c(c2)OCO3)c(-c2ccc3c(c2)OCO3)o1)/c1ccncc1. The van der Waals surface area contributed by atoms with Gasteiger partial charge in [-0.2, -0.15) is 0 Å². The normalized spacial score (nSPS) is 13.8. The third-order valence-corrected chi connectivity index (χ3v) is 5.22. The molecule has 0 saturated heterocycles. The summed E-state index contributed by atoms with van der Waals surface area (Å²) in [6.07, 6.45) is 7.46. The lowest BCUT2D eigenvalue weighted by molar-refractivity contribution is 0.173. The molecule has 0 atom stereocenters. The molecule has 31 heavy (non-hydrogen) atoms. The average Bonchev–Trinajstić information content (AvgIpc) is 3.56. The van der Waals surface area contributed by atoms with Crippen molar-refractivity contribution in [2.24, 2.45) is 0 Å². The molecule has 0 spiro atoms. The average molecular weight is 411 g/mol. The molecule has 2 aromatic heterocycles. The fourth-order valence-electron chi connectivity index (χ4n) is 3.68. The van der Waals surface area contributed by atoms with Gasteiger partial charge in [-0.1, -0.05) is 12.1 Å². The van der Waals surface area contributed by atoms with Gasteiger partial charge in [0.2, 0.25) is 13.6 Å². The zero-order valence-corrected chi connectivity index (χ0v) is 16.4. The van der Waals surface area contributed by atoms with Crippen LogP contribution in [0.2, 0.25) is 0 Å². The molecule has 0 radical (unpaired) electrons. The number of benzene rings is 2. The van der Waals surface area contributed by atoms with E-state index >= 15 is 0 Å². The zero-order valence-electron chi connectivity index (χ0n) is 16.4. The maximum Gasteiger partial charge on any atom is 0.231 e. The minimum Gasteiger partial charge on any atom is -0.456 e. The smallest absolute Gasteiger partial charge is 0.231 e. The Morgan fingerprint density at radius 2 is 1.29 bits per heavy atom. The topological polar surface area (TPSA) is 63.0 Å². The van der Waals surface area contributed by atoms with Crippen molar-refractivity contribution in [1.82, 2.24) is 4.98 Å². The van der Waals surface area contributed by atoms with Crippen LogP contribution in [0.1, 0.15) is 11.3 Å². The van der Waals surface area contributed by atoms with Gasteiger partial charge in [0.05, 0.1) is 0 Å². The molecule has 0 aliphatic carbocycles. The van der Waals surface area contributed by atoms with Crippen molar-refractivity contribution in [3.8, 4) is 45.4 Å². The summed E-state index contributed by atoms with van der Waals surface area (Å²) in [5, 5.41) is 0. The highest BCUT2D eigenvalue weighted by Gasteiger charge is 2.21. The number of pyridine rings is 1. The number of nitrogens with zero attached hydrogens (tertiary/aromatic N) is 1. The Balaban J connectivity index is 1.45. The van der Waals surface area contributed by atoms with Crippen molar-refractivity contribution in [3.05, 3.63) is 78.3 Å². The molecule has 0 fully saturated rings. The number of furan rings is 1. The first kappa shape index (κ1) is 17.7. The number of hydrogen-bond donors (Lipinski definition) is 0. The molecule has 0 bridgehead atoms. The minimum absolute atomic E-state index is 0.228. The van der Waals surface area contributed by atoms with Crippen molar-refractivity contribution in [2.75, 3.05) is 13.6 Å². The Bertz CT molecular complexity index is 1220. The quantitative estimate of drug-likeness (QED) is 0.433. The fraction of sp³-hybridized carbons (Fsp3) is 0.0800. The Kier molecular flexibility index (Phi) is 4.13. The van der Waals surface area contributed by atoms with Crippen LogP contribution >= 0.6 is 0 Å². The molecule has 0 N–H and O–H groups in total. The van der Waals surface area contributed by atoms with Crippen LogP contribution < -0.4 is 18.9 Å². The van der Waals surface area contributed by atoms with Gasteiger partial charge >= 0.3 is 0 Å². The lowest BCUT2D eigenvalue weighted by Crippen LogP contribution is -1.92. The number of fused-ring (bicyclic) bond motifs is 2. The standard InChI is InChI=1S/C25H17NO5/c1(16-7-9-26-10-8-16)4-19-13-20(17-2-5-21-23(11-17)29-14-27-21)25(31-19)18-3-6-22-24(12-18)30-15-28-22/h1-13H,14-15H2/b4-1+. The maximum absolute atomic E-state index is 6.29. The zero-order chi connectivity index (χ0) is 20.6. The molecule has 2 aliphatic rings. The van der Waals surface area contributed by atoms with E-state index in [0.717, 1.165) is 51.0 Å². The molecule has 6 heteroatoms. The predicted octanol–water partition coefficient (Wildman–Crippen LogP) is 5.64. The second-order valence-corrected chi connectivity index (χ2v) is 7.14. The highest BCUT2D eigenvalue weighted by molar-refractivity contribution is 5.84. The highest BCUT2D eigenvalue weighted by atomic mass is 16.7.